The molecule has 0 aliphatic heterocycles. The summed E-state index contributed by atoms with van der Waals surface area (Å²) in [6, 6.07) is 0. The number of rotatable bonds is 7. The van der Waals surface area contributed by atoms with E-state index in [0.717, 1.165) is 0 Å². The van der Waals surface area contributed by atoms with Crippen LogP contribution in [0.5, 0.6) is 0 Å². The van der Waals surface area contributed by atoms with Crippen molar-refractivity contribution in [1.82, 2.24) is 10.6 Å². The van der Waals surface area contributed by atoms with E-state index in [4.69, 9.17) is 5.73 Å². The summed E-state index contributed by atoms with van der Waals surface area (Å²) in [7, 11) is 1.51. The fraction of sp³-hybridized carbons (Fsp3) is 0.727. The maximum Gasteiger partial charge on any atom is 0.220 e. The van der Waals surface area contributed by atoms with Gasteiger partial charge in [0, 0.05) is 32.4 Å². The zero-order chi connectivity index (χ0) is 13.4. The molecule has 2 atom stereocenters. The van der Waals surface area contributed by atoms with Crippen LogP contribution in [-0.4, -0.2) is 31.3 Å². The lowest BCUT2D eigenvalue weighted by Gasteiger charge is -2.20. The first kappa shape index (κ1) is 15.4. The summed E-state index contributed by atoms with van der Waals surface area (Å²) >= 11 is 0. The molecule has 4 N–H and O–H groups in total. The van der Waals surface area contributed by atoms with Gasteiger partial charge in [-0.15, -0.1) is 0 Å². The van der Waals surface area contributed by atoms with Gasteiger partial charge in [-0.25, -0.2) is 0 Å². The molecule has 0 spiro atoms. The lowest BCUT2D eigenvalue weighted by atomic mass is 9.87. The van der Waals surface area contributed by atoms with Gasteiger partial charge in [0.15, 0.2) is 0 Å². The number of amides is 3. The number of carbonyl (C=O) groups is 3. The van der Waals surface area contributed by atoms with E-state index in [2.05, 4.69) is 10.6 Å². The Labute approximate surface area is 101 Å². The van der Waals surface area contributed by atoms with Crippen LogP contribution in [0.3, 0.4) is 0 Å². The molecule has 0 bridgehead atoms. The third kappa shape index (κ3) is 5.89. The van der Waals surface area contributed by atoms with Gasteiger partial charge >= 0.3 is 0 Å². The van der Waals surface area contributed by atoms with Crippen molar-refractivity contribution >= 4 is 17.7 Å². The van der Waals surface area contributed by atoms with E-state index in [-0.39, 0.29) is 30.6 Å². The molecule has 3 amide bonds. The van der Waals surface area contributed by atoms with Gasteiger partial charge in [0.2, 0.25) is 17.7 Å². The number of hydrogen-bond donors (Lipinski definition) is 3. The van der Waals surface area contributed by atoms with E-state index in [1.165, 1.54) is 7.05 Å². The fourth-order valence-corrected chi connectivity index (χ4v) is 1.51. The molecule has 0 aliphatic carbocycles. The van der Waals surface area contributed by atoms with Crippen molar-refractivity contribution in [3.8, 4) is 0 Å². The SMILES string of the molecule is CCNC(=O)CC(CC(=O)NC)C(C)C(N)=O. The van der Waals surface area contributed by atoms with Crippen molar-refractivity contribution in [2.45, 2.75) is 26.7 Å². The normalized spacial score (nSPS) is 13.6. The molecule has 6 heteroatoms. The second kappa shape index (κ2) is 7.65. The highest BCUT2D eigenvalue weighted by Crippen LogP contribution is 2.19. The molecular weight excluding hydrogens is 222 g/mol. The summed E-state index contributed by atoms with van der Waals surface area (Å²) in [4.78, 5) is 33.9. The van der Waals surface area contributed by atoms with Crippen molar-refractivity contribution in [1.29, 1.82) is 0 Å². The summed E-state index contributed by atoms with van der Waals surface area (Å²) in [5, 5.41) is 5.11. The topological polar surface area (TPSA) is 101 Å². The third-order valence-corrected chi connectivity index (χ3v) is 2.70. The molecule has 0 aliphatic rings. The van der Waals surface area contributed by atoms with E-state index in [0.29, 0.717) is 6.54 Å². The average Bonchev–Trinajstić information content (AvgIpc) is 2.27. The molecule has 17 heavy (non-hydrogen) atoms. The molecule has 0 aromatic rings. The number of nitrogens with one attached hydrogen (secondary N) is 2. The average molecular weight is 243 g/mol. The van der Waals surface area contributed by atoms with Gasteiger partial charge < -0.3 is 16.4 Å². The first-order chi connectivity index (χ1) is 7.92. The van der Waals surface area contributed by atoms with Crippen molar-refractivity contribution in [2.24, 2.45) is 17.6 Å². The van der Waals surface area contributed by atoms with Crippen LogP contribution in [0.4, 0.5) is 0 Å². The monoisotopic (exact) mass is 243 g/mol. The minimum absolute atomic E-state index is 0.123. The molecule has 0 rings (SSSR count). The van der Waals surface area contributed by atoms with E-state index in [1.807, 2.05) is 6.92 Å². The first-order valence-electron chi connectivity index (χ1n) is 5.68. The van der Waals surface area contributed by atoms with Gasteiger partial charge in [0.25, 0.3) is 0 Å². The molecule has 0 radical (unpaired) electrons. The van der Waals surface area contributed by atoms with Gasteiger partial charge in [-0.3, -0.25) is 14.4 Å². The highest BCUT2D eigenvalue weighted by atomic mass is 16.2. The molecule has 98 valence electrons. The van der Waals surface area contributed by atoms with Crippen LogP contribution in [0.1, 0.15) is 26.7 Å². The molecule has 0 saturated heterocycles. The fourth-order valence-electron chi connectivity index (χ4n) is 1.51. The lowest BCUT2D eigenvalue weighted by Crippen LogP contribution is -2.35. The zero-order valence-corrected chi connectivity index (χ0v) is 10.6. The zero-order valence-electron chi connectivity index (χ0n) is 10.6. The predicted octanol–water partition coefficient (Wildman–Crippen LogP) is -0.614. The van der Waals surface area contributed by atoms with Crippen LogP contribution < -0.4 is 16.4 Å². The van der Waals surface area contributed by atoms with Crippen LogP contribution in [0.15, 0.2) is 0 Å². The molecule has 0 aromatic carbocycles. The number of hydrogen-bond acceptors (Lipinski definition) is 3. The van der Waals surface area contributed by atoms with Gasteiger partial charge in [-0.2, -0.15) is 0 Å². The number of carbonyl (C=O) groups excluding carboxylic acids is 3. The summed E-state index contributed by atoms with van der Waals surface area (Å²) < 4.78 is 0. The molecule has 0 heterocycles. The minimum atomic E-state index is -0.505. The van der Waals surface area contributed by atoms with Crippen LogP contribution in [0.25, 0.3) is 0 Å². The standard InChI is InChI=1S/C11H21N3O3/c1-4-14-10(16)6-8(5-9(15)13-3)7(2)11(12)17/h7-8H,4-6H2,1-3H3,(H2,12,17)(H,13,15)(H,14,16). The highest BCUT2D eigenvalue weighted by molar-refractivity contribution is 5.82. The number of primary amides is 1. The summed E-state index contributed by atoms with van der Waals surface area (Å²) in [6.07, 6.45) is 0.253. The van der Waals surface area contributed by atoms with E-state index < -0.39 is 11.8 Å². The maximum absolute atomic E-state index is 11.5. The Bertz CT molecular complexity index is 292. The van der Waals surface area contributed by atoms with E-state index in [1.54, 1.807) is 6.92 Å². The van der Waals surface area contributed by atoms with E-state index >= 15 is 0 Å². The predicted molar refractivity (Wildman–Crippen MR) is 63.8 cm³/mol. The minimum Gasteiger partial charge on any atom is -0.369 e. The first-order valence-corrected chi connectivity index (χ1v) is 5.68. The van der Waals surface area contributed by atoms with E-state index in [9.17, 15) is 14.4 Å². The Morgan fingerprint density at radius 2 is 1.71 bits per heavy atom. The second-order valence-corrected chi connectivity index (χ2v) is 3.99. The van der Waals surface area contributed by atoms with Crippen LogP contribution in [0, 0.1) is 11.8 Å². The highest BCUT2D eigenvalue weighted by Gasteiger charge is 2.26. The Morgan fingerprint density at radius 3 is 2.12 bits per heavy atom. The van der Waals surface area contributed by atoms with Gasteiger partial charge in [0.1, 0.15) is 0 Å². The van der Waals surface area contributed by atoms with Crippen molar-refractivity contribution < 1.29 is 14.4 Å². The van der Waals surface area contributed by atoms with Gasteiger partial charge in [-0.05, 0) is 12.8 Å². The van der Waals surface area contributed by atoms with Gasteiger partial charge in [-0.1, -0.05) is 6.92 Å². The molecular formula is C11H21N3O3. The molecule has 0 fully saturated rings. The Morgan fingerprint density at radius 1 is 1.18 bits per heavy atom. The van der Waals surface area contributed by atoms with Crippen molar-refractivity contribution in [2.75, 3.05) is 13.6 Å². The van der Waals surface area contributed by atoms with Crippen LogP contribution in [0.2, 0.25) is 0 Å². The van der Waals surface area contributed by atoms with Crippen LogP contribution in [-0.2, 0) is 14.4 Å². The van der Waals surface area contributed by atoms with Crippen molar-refractivity contribution in [3.05, 3.63) is 0 Å². The largest absolute Gasteiger partial charge is 0.369 e. The summed E-state index contributed by atoms with van der Waals surface area (Å²) in [6.45, 7) is 3.97. The summed E-state index contributed by atoms with van der Waals surface area (Å²) in [5.74, 6) is -1.74. The quantitative estimate of drug-likeness (QED) is 0.555. The van der Waals surface area contributed by atoms with Crippen LogP contribution >= 0.6 is 0 Å². The molecule has 0 saturated carbocycles. The summed E-state index contributed by atoms with van der Waals surface area (Å²) in [5.41, 5.74) is 5.20. The molecule has 6 nitrogen and oxygen atoms in total. The van der Waals surface area contributed by atoms with Gasteiger partial charge in [0.05, 0.1) is 0 Å². The van der Waals surface area contributed by atoms with Crippen molar-refractivity contribution in [3.63, 3.8) is 0 Å². The smallest absolute Gasteiger partial charge is 0.220 e. The Kier molecular flexibility index (Phi) is 6.93. The Balaban J connectivity index is 4.55. The second-order valence-electron chi connectivity index (χ2n) is 3.99. The Hall–Kier alpha value is -1.59. The number of nitrogens with two attached hydrogens (primary N) is 1. The maximum atomic E-state index is 11.5. The molecule has 2 unspecified atom stereocenters. The molecule has 0 aromatic heterocycles. The third-order valence-electron chi connectivity index (χ3n) is 2.70. The lowest BCUT2D eigenvalue weighted by molar-refractivity contribution is -0.127.